The van der Waals surface area contributed by atoms with Crippen LogP contribution in [0.3, 0.4) is 0 Å². The van der Waals surface area contributed by atoms with Gasteiger partial charge < -0.3 is 14.7 Å². The number of ether oxygens (including phenoxy) is 1. The van der Waals surface area contributed by atoms with Crippen LogP contribution in [-0.4, -0.2) is 46.6 Å². The van der Waals surface area contributed by atoms with Crippen LogP contribution in [0.5, 0.6) is 0 Å². The highest BCUT2D eigenvalue weighted by Crippen LogP contribution is 2.28. The number of carbonyl (C=O) groups is 1. The average Bonchev–Trinajstić information content (AvgIpc) is 2.24. The van der Waals surface area contributed by atoms with E-state index in [1.54, 1.807) is 12.1 Å². The second-order valence-corrected chi connectivity index (χ2v) is 4.59. The highest BCUT2D eigenvalue weighted by Gasteiger charge is 2.41. The molecule has 1 saturated heterocycles. The predicted octanol–water partition coefficient (Wildman–Crippen LogP) is 0.810. The topological polar surface area (TPSA) is 75.6 Å². The number of carboxylic acid groups (broad SMARTS) is 1. The number of halogens is 1. The van der Waals surface area contributed by atoms with Gasteiger partial charge in [-0.1, -0.05) is 11.6 Å². The first kappa shape index (κ1) is 12.1. The number of aliphatic carboxylic acids is 1. The fourth-order valence-electron chi connectivity index (χ4n) is 1.73. The van der Waals surface area contributed by atoms with Crippen molar-refractivity contribution in [2.45, 2.75) is 12.5 Å². The molecule has 1 aliphatic rings. The smallest absolute Gasteiger partial charge is 0.329 e. The molecule has 0 unspecified atom stereocenters. The minimum atomic E-state index is -0.962. The number of rotatable bonds is 4. The van der Waals surface area contributed by atoms with E-state index in [9.17, 15) is 4.79 Å². The van der Waals surface area contributed by atoms with E-state index in [2.05, 4.69) is 10.2 Å². The van der Waals surface area contributed by atoms with Crippen molar-refractivity contribution < 1.29 is 14.6 Å². The van der Waals surface area contributed by atoms with Gasteiger partial charge >= 0.3 is 5.97 Å². The van der Waals surface area contributed by atoms with Crippen molar-refractivity contribution in [3.63, 3.8) is 0 Å². The molecule has 1 fully saturated rings. The molecule has 6 nitrogen and oxygen atoms in total. The number of nitrogens with zero attached hydrogens (tertiary/aromatic N) is 3. The zero-order valence-corrected chi connectivity index (χ0v) is 10.0. The lowest BCUT2D eigenvalue weighted by Gasteiger charge is -2.47. The Labute approximate surface area is 103 Å². The van der Waals surface area contributed by atoms with Gasteiger partial charge in [-0.05, 0) is 19.1 Å². The van der Waals surface area contributed by atoms with Crippen molar-refractivity contribution in [2.75, 3.05) is 24.6 Å². The van der Waals surface area contributed by atoms with Gasteiger partial charge in [-0.15, -0.1) is 10.2 Å². The Bertz CT molecular complexity index is 417. The third kappa shape index (κ3) is 2.83. The Morgan fingerprint density at radius 1 is 1.59 bits per heavy atom. The van der Waals surface area contributed by atoms with Crippen LogP contribution in [0.25, 0.3) is 0 Å². The molecule has 0 aromatic carbocycles. The zero-order valence-electron chi connectivity index (χ0n) is 9.26. The molecule has 0 aliphatic carbocycles. The minimum Gasteiger partial charge on any atom is -0.480 e. The van der Waals surface area contributed by atoms with Crippen LogP contribution in [0, 0.1) is 0 Å². The van der Waals surface area contributed by atoms with Crippen LogP contribution in [0.4, 0.5) is 5.82 Å². The van der Waals surface area contributed by atoms with Crippen LogP contribution in [0.2, 0.25) is 5.15 Å². The third-order valence-corrected chi connectivity index (χ3v) is 2.74. The number of anilines is 1. The first-order valence-corrected chi connectivity index (χ1v) is 5.46. The van der Waals surface area contributed by atoms with Gasteiger partial charge in [0, 0.05) is 0 Å². The Kier molecular flexibility index (Phi) is 3.17. The maximum atomic E-state index is 10.4. The standard InChI is InChI=1S/C10H12ClN3O3/c1-10(17-4-9(15)16)5-14(6-10)8-3-2-7(11)12-13-8/h2-3H,4-6H2,1H3,(H,15,16). The van der Waals surface area contributed by atoms with Crippen LogP contribution in [-0.2, 0) is 9.53 Å². The lowest BCUT2D eigenvalue weighted by molar-refractivity contribution is -0.150. The SMILES string of the molecule is CC1(OCC(=O)O)CN(c2ccc(Cl)nn2)C1. The van der Waals surface area contributed by atoms with Crippen molar-refractivity contribution in [3.8, 4) is 0 Å². The van der Waals surface area contributed by atoms with E-state index in [1.807, 2.05) is 11.8 Å². The van der Waals surface area contributed by atoms with E-state index < -0.39 is 11.6 Å². The maximum Gasteiger partial charge on any atom is 0.329 e. The van der Waals surface area contributed by atoms with E-state index in [0.29, 0.717) is 24.1 Å². The molecule has 0 bridgehead atoms. The molecular weight excluding hydrogens is 246 g/mol. The molecule has 0 spiro atoms. The molecule has 1 aromatic rings. The van der Waals surface area contributed by atoms with Gasteiger partial charge in [0.25, 0.3) is 0 Å². The van der Waals surface area contributed by atoms with Gasteiger partial charge in [-0.25, -0.2) is 4.79 Å². The highest BCUT2D eigenvalue weighted by atomic mass is 35.5. The first-order chi connectivity index (χ1) is 7.98. The van der Waals surface area contributed by atoms with Gasteiger partial charge in [-0.2, -0.15) is 0 Å². The van der Waals surface area contributed by atoms with E-state index in [4.69, 9.17) is 21.4 Å². The van der Waals surface area contributed by atoms with Crippen LogP contribution >= 0.6 is 11.6 Å². The number of hydrogen-bond donors (Lipinski definition) is 1. The largest absolute Gasteiger partial charge is 0.480 e. The fraction of sp³-hybridized carbons (Fsp3) is 0.500. The fourth-order valence-corrected chi connectivity index (χ4v) is 1.83. The lowest BCUT2D eigenvalue weighted by Crippen LogP contribution is -2.62. The van der Waals surface area contributed by atoms with Gasteiger partial charge in [0.1, 0.15) is 12.2 Å². The summed E-state index contributed by atoms with van der Waals surface area (Å²) in [5, 5.41) is 16.6. The Balaban J connectivity index is 1.89. The van der Waals surface area contributed by atoms with Crippen molar-refractivity contribution in [1.29, 1.82) is 0 Å². The molecule has 1 aromatic heterocycles. The van der Waals surface area contributed by atoms with E-state index in [0.717, 1.165) is 0 Å². The molecule has 1 aliphatic heterocycles. The summed E-state index contributed by atoms with van der Waals surface area (Å²) in [6.45, 7) is 2.78. The summed E-state index contributed by atoms with van der Waals surface area (Å²) >= 11 is 5.64. The summed E-state index contributed by atoms with van der Waals surface area (Å²) < 4.78 is 5.29. The van der Waals surface area contributed by atoms with E-state index in [1.165, 1.54) is 0 Å². The molecule has 2 rings (SSSR count). The number of carboxylic acids is 1. The van der Waals surface area contributed by atoms with Crippen molar-refractivity contribution in [1.82, 2.24) is 10.2 Å². The zero-order chi connectivity index (χ0) is 12.5. The monoisotopic (exact) mass is 257 g/mol. The molecule has 1 N–H and O–H groups in total. The van der Waals surface area contributed by atoms with Crippen molar-refractivity contribution >= 4 is 23.4 Å². The lowest BCUT2D eigenvalue weighted by atomic mass is 9.96. The molecule has 0 amide bonds. The Morgan fingerprint density at radius 3 is 2.82 bits per heavy atom. The molecule has 0 saturated carbocycles. The van der Waals surface area contributed by atoms with Gasteiger partial charge in [0.15, 0.2) is 11.0 Å². The van der Waals surface area contributed by atoms with Gasteiger partial charge in [0.05, 0.1) is 13.1 Å². The molecule has 0 atom stereocenters. The van der Waals surface area contributed by atoms with Crippen LogP contribution in [0.1, 0.15) is 6.92 Å². The maximum absolute atomic E-state index is 10.4. The van der Waals surface area contributed by atoms with Crippen molar-refractivity contribution in [3.05, 3.63) is 17.3 Å². The molecule has 92 valence electrons. The predicted molar refractivity (Wildman–Crippen MR) is 61.2 cm³/mol. The Hall–Kier alpha value is -1.40. The highest BCUT2D eigenvalue weighted by molar-refractivity contribution is 6.29. The second-order valence-electron chi connectivity index (χ2n) is 4.20. The van der Waals surface area contributed by atoms with E-state index >= 15 is 0 Å². The Morgan fingerprint density at radius 2 is 2.29 bits per heavy atom. The molecule has 17 heavy (non-hydrogen) atoms. The molecule has 0 radical (unpaired) electrons. The summed E-state index contributed by atoms with van der Waals surface area (Å²) in [5.41, 5.74) is -0.431. The number of hydrogen-bond acceptors (Lipinski definition) is 5. The summed E-state index contributed by atoms with van der Waals surface area (Å²) in [7, 11) is 0. The molecular formula is C10H12ClN3O3. The van der Waals surface area contributed by atoms with Gasteiger partial charge in [-0.3, -0.25) is 0 Å². The number of aromatic nitrogens is 2. The quantitative estimate of drug-likeness (QED) is 0.860. The van der Waals surface area contributed by atoms with Crippen LogP contribution < -0.4 is 4.90 Å². The average molecular weight is 258 g/mol. The summed E-state index contributed by atoms with van der Waals surface area (Å²) in [6, 6.07) is 3.43. The molecule has 2 heterocycles. The van der Waals surface area contributed by atoms with E-state index in [-0.39, 0.29) is 6.61 Å². The summed E-state index contributed by atoms with van der Waals surface area (Å²) in [4.78, 5) is 12.3. The van der Waals surface area contributed by atoms with Crippen LogP contribution in [0.15, 0.2) is 12.1 Å². The summed E-state index contributed by atoms with van der Waals surface area (Å²) in [5.74, 6) is -0.248. The minimum absolute atomic E-state index is 0.281. The van der Waals surface area contributed by atoms with Crippen molar-refractivity contribution in [2.24, 2.45) is 0 Å². The van der Waals surface area contributed by atoms with Gasteiger partial charge in [0.2, 0.25) is 0 Å². The normalized spacial score (nSPS) is 17.6. The third-order valence-electron chi connectivity index (χ3n) is 2.54. The first-order valence-electron chi connectivity index (χ1n) is 5.08. The summed E-state index contributed by atoms with van der Waals surface area (Å²) in [6.07, 6.45) is 0. The molecule has 7 heteroatoms. The second kappa shape index (κ2) is 4.46.